The third-order valence-electron chi connectivity index (χ3n) is 3.38. The van der Waals surface area contributed by atoms with Crippen molar-refractivity contribution in [3.63, 3.8) is 0 Å². The summed E-state index contributed by atoms with van der Waals surface area (Å²) in [6, 6.07) is 9.65. The maximum absolute atomic E-state index is 5.18. The van der Waals surface area contributed by atoms with Gasteiger partial charge in [0.15, 0.2) is 0 Å². The molecular formula is C15H23NOS. The van der Waals surface area contributed by atoms with Crippen LogP contribution in [0.1, 0.15) is 25.3 Å². The molecule has 0 bridgehead atoms. The SMILES string of the molecule is COc1ccc(CC(C)NC2CCCSC2)cc1. The van der Waals surface area contributed by atoms with Crippen molar-refractivity contribution in [3.05, 3.63) is 29.8 Å². The van der Waals surface area contributed by atoms with Gasteiger partial charge >= 0.3 is 0 Å². The maximum Gasteiger partial charge on any atom is 0.118 e. The van der Waals surface area contributed by atoms with Gasteiger partial charge in [0, 0.05) is 17.8 Å². The van der Waals surface area contributed by atoms with Gasteiger partial charge in [-0.15, -0.1) is 0 Å². The van der Waals surface area contributed by atoms with Crippen molar-refractivity contribution in [2.75, 3.05) is 18.6 Å². The molecule has 2 rings (SSSR count). The highest BCUT2D eigenvalue weighted by molar-refractivity contribution is 7.99. The Kier molecular flexibility index (Phi) is 5.39. The van der Waals surface area contributed by atoms with E-state index in [-0.39, 0.29) is 0 Å². The summed E-state index contributed by atoms with van der Waals surface area (Å²) >= 11 is 2.08. The minimum atomic E-state index is 0.544. The van der Waals surface area contributed by atoms with Gasteiger partial charge in [0.2, 0.25) is 0 Å². The molecule has 0 radical (unpaired) electrons. The van der Waals surface area contributed by atoms with Crippen LogP contribution in [0.3, 0.4) is 0 Å². The molecule has 1 fully saturated rings. The van der Waals surface area contributed by atoms with Gasteiger partial charge in [-0.2, -0.15) is 11.8 Å². The van der Waals surface area contributed by atoms with Gasteiger partial charge in [0.1, 0.15) is 5.75 Å². The molecule has 2 nitrogen and oxygen atoms in total. The molecule has 18 heavy (non-hydrogen) atoms. The molecule has 1 aromatic carbocycles. The van der Waals surface area contributed by atoms with Crippen LogP contribution in [0.5, 0.6) is 5.75 Å². The molecule has 1 aliphatic rings. The molecule has 0 amide bonds. The van der Waals surface area contributed by atoms with Gasteiger partial charge in [-0.25, -0.2) is 0 Å². The Balaban J connectivity index is 1.80. The van der Waals surface area contributed by atoms with E-state index in [2.05, 4.69) is 36.1 Å². The number of hydrogen-bond acceptors (Lipinski definition) is 3. The van der Waals surface area contributed by atoms with Crippen LogP contribution < -0.4 is 10.1 Å². The Bertz CT molecular complexity index is 346. The lowest BCUT2D eigenvalue weighted by Gasteiger charge is -2.26. The second kappa shape index (κ2) is 7.05. The molecule has 1 N–H and O–H groups in total. The minimum absolute atomic E-state index is 0.544. The van der Waals surface area contributed by atoms with Crippen molar-refractivity contribution in [1.82, 2.24) is 5.32 Å². The van der Waals surface area contributed by atoms with Crippen LogP contribution in [-0.4, -0.2) is 30.7 Å². The summed E-state index contributed by atoms with van der Waals surface area (Å²) in [5.74, 6) is 3.54. The first kappa shape index (κ1) is 13.8. The molecule has 1 aromatic rings. The Hall–Kier alpha value is -0.670. The Morgan fingerprint density at radius 1 is 1.39 bits per heavy atom. The number of ether oxygens (including phenoxy) is 1. The molecule has 100 valence electrons. The molecule has 1 aliphatic heterocycles. The molecule has 1 heterocycles. The quantitative estimate of drug-likeness (QED) is 0.884. The van der Waals surface area contributed by atoms with Crippen LogP contribution in [0.4, 0.5) is 0 Å². The predicted octanol–water partition coefficient (Wildman–Crippen LogP) is 3.11. The van der Waals surface area contributed by atoms with Gasteiger partial charge in [0.05, 0.1) is 7.11 Å². The number of methoxy groups -OCH3 is 1. The Labute approximate surface area is 114 Å². The van der Waals surface area contributed by atoms with E-state index in [1.54, 1.807) is 7.11 Å². The first-order chi connectivity index (χ1) is 8.78. The van der Waals surface area contributed by atoms with Crippen LogP contribution in [0.25, 0.3) is 0 Å². The van der Waals surface area contributed by atoms with Crippen LogP contribution in [0.15, 0.2) is 24.3 Å². The lowest BCUT2D eigenvalue weighted by molar-refractivity contribution is 0.414. The summed E-state index contributed by atoms with van der Waals surface area (Å²) in [6.07, 6.45) is 3.78. The summed E-state index contributed by atoms with van der Waals surface area (Å²) in [6.45, 7) is 2.28. The smallest absolute Gasteiger partial charge is 0.118 e. The number of benzene rings is 1. The fourth-order valence-electron chi connectivity index (χ4n) is 2.45. The van der Waals surface area contributed by atoms with Crippen molar-refractivity contribution in [3.8, 4) is 5.75 Å². The molecule has 0 aromatic heterocycles. The average molecular weight is 265 g/mol. The summed E-state index contributed by atoms with van der Waals surface area (Å²) < 4.78 is 5.18. The first-order valence-corrected chi connectivity index (χ1v) is 7.90. The van der Waals surface area contributed by atoms with Gasteiger partial charge in [-0.05, 0) is 49.6 Å². The normalized spacial score (nSPS) is 21.6. The van der Waals surface area contributed by atoms with E-state index in [1.165, 1.54) is 29.9 Å². The van der Waals surface area contributed by atoms with E-state index in [1.807, 2.05) is 12.1 Å². The molecule has 0 saturated carbocycles. The lowest BCUT2D eigenvalue weighted by Crippen LogP contribution is -2.40. The van der Waals surface area contributed by atoms with E-state index in [9.17, 15) is 0 Å². The standard InChI is InChI=1S/C15H23NOS/c1-12(16-14-4-3-9-18-11-14)10-13-5-7-15(17-2)8-6-13/h5-8,12,14,16H,3-4,9-11H2,1-2H3. The molecule has 2 atom stereocenters. The second-order valence-corrected chi connectivity index (χ2v) is 6.18. The van der Waals surface area contributed by atoms with E-state index in [0.29, 0.717) is 12.1 Å². The van der Waals surface area contributed by atoms with E-state index >= 15 is 0 Å². The maximum atomic E-state index is 5.18. The van der Waals surface area contributed by atoms with Crippen molar-refractivity contribution in [1.29, 1.82) is 0 Å². The number of thioether (sulfide) groups is 1. The second-order valence-electron chi connectivity index (χ2n) is 5.03. The van der Waals surface area contributed by atoms with Crippen molar-refractivity contribution in [2.45, 2.75) is 38.3 Å². The minimum Gasteiger partial charge on any atom is -0.497 e. The number of rotatable bonds is 5. The van der Waals surface area contributed by atoms with E-state index < -0.39 is 0 Å². The van der Waals surface area contributed by atoms with Gasteiger partial charge in [-0.3, -0.25) is 0 Å². The zero-order chi connectivity index (χ0) is 12.8. The molecule has 2 unspecified atom stereocenters. The Morgan fingerprint density at radius 2 is 2.17 bits per heavy atom. The summed E-state index contributed by atoms with van der Waals surface area (Å²) in [5.41, 5.74) is 1.37. The van der Waals surface area contributed by atoms with Gasteiger partial charge in [0.25, 0.3) is 0 Å². The Morgan fingerprint density at radius 3 is 2.78 bits per heavy atom. The zero-order valence-corrected chi connectivity index (χ0v) is 12.1. The highest BCUT2D eigenvalue weighted by atomic mass is 32.2. The third kappa shape index (κ3) is 4.21. The molecule has 3 heteroatoms. The van der Waals surface area contributed by atoms with Crippen molar-refractivity contribution >= 4 is 11.8 Å². The topological polar surface area (TPSA) is 21.3 Å². The molecule has 1 saturated heterocycles. The summed E-state index contributed by atoms with van der Waals surface area (Å²) in [5, 5.41) is 3.74. The number of nitrogens with one attached hydrogen (secondary N) is 1. The fourth-order valence-corrected chi connectivity index (χ4v) is 3.53. The largest absolute Gasteiger partial charge is 0.497 e. The average Bonchev–Trinajstić information content (AvgIpc) is 2.40. The first-order valence-electron chi connectivity index (χ1n) is 6.74. The summed E-state index contributed by atoms with van der Waals surface area (Å²) in [4.78, 5) is 0. The molecule has 0 spiro atoms. The van der Waals surface area contributed by atoms with Crippen LogP contribution in [0.2, 0.25) is 0 Å². The lowest BCUT2D eigenvalue weighted by atomic mass is 10.1. The highest BCUT2D eigenvalue weighted by Gasteiger charge is 2.15. The van der Waals surface area contributed by atoms with Gasteiger partial charge < -0.3 is 10.1 Å². The zero-order valence-electron chi connectivity index (χ0n) is 11.3. The van der Waals surface area contributed by atoms with E-state index in [0.717, 1.165) is 12.2 Å². The fraction of sp³-hybridized carbons (Fsp3) is 0.600. The van der Waals surface area contributed by atoms with E-state index in [4.69, 9.17) is 4.74 Å². The highest BCUT2D eigenvalue weighted by Crippen LogP contribution is 2.18. The van der Waals surface area contributed by atoms with Crippen molar-refractivity contribution < 1.29 is 4.74 Å². The molecular weight excluding hydrogens is 242 g/mol. The molecule has 0 aliphatic carbocycles. The van der Waals surface area contributed by atoms with Crippen LogP contribution >= 0.6 is 11.8 Å². The predicted molar refractivity (Wildman–Crippen MR) is 79.6 cm³/mol. The van der Waals surface area contributed by atoms with Crippen LogP contribution in [-0.2, 0) is 6.42 Å². The number of hydrogen-bond donors (Lipinski definition) is 1. The summed E-state index contributed by atoms with van der Waals surface area (Å²) in [7, 11) is 1.71. The van der Waals surface area contributed by atoms with Crippen LogP contribution in [0, 0.1) is 0 Å². The van der Waals surface area contributed by atoms with Gasteiger partial charge in [-0.1, -0.05) is 12.1 Å². The monoisotopic (exact) mass is 265 g/mol. The third-order valence-corrected chi connectivity index (χ3v) is 4.60. The van der Waals surface area contributed by atoms with Crippen molar-refractivity contribution in [2.24, 2.45) is 0 Å².